The molecule has 0 aliphatic carbocycles. The highest BCUT2D eigenvalue weighted by Crippen LogP contribution is 2.33. The normalized spacial score (nSPS) is 11.0. The molecule has 0 atom stereocenters. The number of carboxylic acids is 1. The molecule has 0 fully saturated rings. The standard InChI is InChI=1S/C15H9F2NO2S/c1-7-2-3-13-12(4-7)18-14(21-13)8-5-10(16)11(17)6-9(8)15(19)20/h2-6H,1H3,(H,19,20). The van der Waals surface area contributed by atoms with Crippen LogP contribution in [0.5, 0.6) is 0 Å². The zero-order valence-electron chi connectivity index (χ0n) is 10.9. The van der Waals surface area contributed by atoms with Crippen molar-refractivity contribution in [3.05, 3.63) is 53.1 Å². The molecule has 0 spiro atoms. The van der Waals surface area contributed by atoms with Crippen molar-refractivity contribution in [1.82, 2.24) is 4.98 Å². The molecule has 0 bridgehead atoms. The second-order valence-corrected chi connectivity index (χ2v) is 5.64. The number of aromatic carboxylic acids is 1. The van der Waals surface area contributed by atoms with Gasteiger partial charge in [0.15, 0.2) is 11.6 Å². The molecule has 1 aromatic heterocycles. The summed E-state index contributed by atoms with van der Waals surface area (Å²) in [4.78, 5) is 15.5. The Morgan fingerprint density at radius 2 is 1.90 bits per heavy atom. The molecule has 0 saturated heterocycles. The predicted octanol–water partition coefficient (Wildman–Crippen LogP) is 4.25. The molecular weight excluding hydrogens is 296 g/mol. The third-order valence-electron chi connectivity index (χ3n) is 3.06. The number of thiazole rings is 1. The van der Waals surface area contributed by atoms with Crippen LogP contribution in [0.2, 0.25) is 0 Å². The molecule has 3 aromatic rings. The van der Waals surface area contributed by atoms with E-state index in [-0.39, 0.29) is 11.1 Å². The molecule has 21 heavy (non-hydrogen) atoms. The number of aromatic nitrogens is 1. The highest BCUT2D eigenvalue weighted by atomic mass is 32.1. The van der Waals surface area contributed by atoms with E-state index >= 15 is 0 Å². The zero-order chi connectivity index (χ0) is 15.1. The van der Waals surface area contributed by atoms with Gasteiger partial charge < -0.3 is 5.11 Å². The van der Waals surface area contributed by atoms with E-state index in [1.165, 1.54) is 11.3 Å². The lowest BCUT2D eigenvalue weighted by molar-refractivity contribution is 0.0697. The summed E-state index contributed by atoms with van der Waals surface area (Å²) in [6, 6.07) is 7.20. The quantitative estimate of drug-likeness (QED) is 0.770. The minimum atomic E-state index is -1.32. The molecule has 1 N–H and O–H groups in total. The third-order valence-corrected chi connectivity index (χ3v) is 4.13. The third kappa shape index (κ3) is 2.38. The first kappa shape index (κ1) is 13.6. The molecule has 0 saturated carbocycles. The minimum Gasteiger partial charge on any atom is -0.478 e. The van der Waals surface area contributed by atoms with Gasteiger partial charge in [-0.25, -0.2) is 18.6 Å². The molecule has 0 aliphatic rings. The van der Waals surface area contributed by atoms with Gasteiger partial charge in [-0.3, -0.25) is 0 Å². The summed E-state index contributed by atoms with van der Waals surface area (Å²) in [7, 11) is 0. The first-order chi connectivity index (χ1) is 9.95. The highest BCUT2D eigenvalue weighted by Gasteiger charge is 2.19. The molecule has 0 radical (unpaired) electrons. The summed E-state index contributed by atoms with van der Waals surface area (Å²) < 4.78 is 27.5. The van der Waals surface area contributed by atoms with Crippen LogP contribution < -0.4 is 0 Å². The van der Waals surface area contributed by atoms with E-state index in [2.05, 4.69) is 4.98 Å². The van der Waals surface area contributed by atoms with Crippen LogP contribution in [-0.2, 0) is 0 Å². The van der Waals surface area contributed by atoms with E-state index in [9.17, 15) is 13.6 Å². The molecule has 0 unspecified atom stereocenters. The molecule has 1 heterocycles. The Morgan fingerprint density at radius 1 is 1.19 bits per heavy atom. The van der Waals surface area contributed by atoms with Crippen molar-refractivity contribution in [3.8, 4) is 10.6 Å². The largest absolute Gasteiger partial charge is 0.478 e. The zero-order valence-corrected chi connectivity index (χ0v) is 11.7. The van der Waals surface area contributed by atoms with E-state index in [4.69, 9.17) is 5.11 Å². The molecular formula is C15H9F2NO2S. The molecule has 6 heteroatoms. The number of halogens is 2. The van der Waals surface area contributed by atoms with Crippen LogP contribution in [0.4, 0.5) is 8.78 Å². The number of carboxylic acid groups (broad SMARTS) is 1. The SMILES string of the molecule is Cc1ccc2sc(-c3cc(F)c(F)cc3C(=O)O)nc2c1. The van der Waals surface area contributed by atoms with Gasteiger partial charge in [-0.1, -0.05) is 6.07 Å². The summed E-state index contributed by atoms with van der Waals surface area (Å²) in [6.07, 6.45) is 0. The van der Waals surface area contributed by atoms with Gasteiger partial charge >= 0.3 is 5.97 Å². The smallest absolute Gasteiger partial charge is 0.336 e. The molecule has 0 amide bonds. The van der Waals surface area contributed by atoms with Gasteiger partial charge in [0.1, 0.15) is 5.01 Å². The molecule has 3 rings (SSSR count). The Hall–Kier alpha value is -2.34. The Labute approximate surface area is 122 Å². The van der Waals surface area contributed by atoms with Crippen LogP contribution in [0.15, 0.2) is 30.3 Å². The number of aryl methyl sites for hydroxylation is 1. The lowest BCUT2D eigenvalue weighted by atomic mass is 10.1. The van der Waals surface area contributed by atoms with Crippen LogP contribution >= 0.6 is 11.3 Å². The maximum Gasteiger partial charge on any atom is 0.336 e. The Morgan fingerprint density at radius 3 is 2.62 bits per heavy atom. The van der Waals surface area contributed by atoms with Crippen molar-refractivity contribution < 1.29 is 18.7 Å². The van der Waals surface area contributed by atoms with Crippen LogP contribution in [0.1, 0.15) is 15.9 Å². The van der Waals surface area contributed by atoms with Gasteiger partial charge in [0.2, 0.25) is 0 Å². The van der Waals surface area contributed by atoms with Crippen molar-refractivity contribution in [1.29, 1.82) is 0 Å². The predicted molar refractivity (Wildman–Crippen MR) is 76.7 cm³/mol. The van der Waals surface area contributed by atoms with Crippen LogP contribution in [0.25, 0.3) is 20.8 Å². The fourth-order valence-corrected chi connectivity index (χ4v) is 3.03. The van der Waals surface area contributed by atoms with Crippen LogP contribution in [0, 0.1) is 18.6 Å². The van der Waals surface area contributed by atoms with E-state index in [1.807, 2.05) is 25.1 Å². The summed E-state index contributed by atoms with van der Waals surface area (Å²) in [6.45, 7) is 1.92. The second-order valence-electron chi connectivity index (χ2n) is 4.61. The monoisotopic (exact) mass is 305 g/mol. The lowest BCUT2D eigenvalue weighted by Crippen LogP contribution is -2.02. The van der Waals surface area contributed by atoms with Crippen molar-refractivity contribution in [2.45, 2.75) is 6.92 Å². The number of rotatable bonds is 2. The van der Waals surface area contributed by atoms with E-state index < -0.39 is 17.6 Å². The molecule has 0 aliphatic heterocycles. The molecule has 106 valence electrons. The van der Waals surface area contributed by atoms with Gasteiger partial charge in [-0.2, -0.15) is 0 Å². The fraction of sp³-hybridized carbons (Fsp3) is 0.0667. The highest BCUT2D eigenvalue weighted by molar-refractivity contribution is 7.21. The Bertz CT molecular complexity index is 873. The average Bonchev–Trinajstić information content (AvgIpc) is 2.83. The van der Waals surface area contributed by atoms with Gasteiger partial charge in [-0.15, -0.1) is 11.3 Å². The number of hydrogen-bond acceptors (Lipinski definition) is 3. The maximum absolute atomic E-state index is 13.4. The first-order valence-electron chi connectivity index (χ1n) is 6.05. The second kappa shape index (κ2) is 4.89. The van der Waals surface area contributed by atoms with Gasteiger partial charge in [-0.05, 0) is 36.8 Å². The maximum atomic E-state index is 13.4. The minimum absolute atomic E-state index is 0.0836. The van der Waals surface area contributed by atoms with Gasteiger partial charge in [0.25, 0.3) is 0 Å². The summed E-state index contributed by atoms with van der Waals surface area (Å²) in [5, 5.41) is 9.50. The number of fused-ring (bicyclic) bond motifs is 1. The number of benzene rings is 2. The van der Waals surface area contributed by atoms with Gasteiger partial charge in [0, 0.05) is 5.56 Å². The fourth-order valence-electron chi connectivity index (χ4n) is 2.05. The number of hydrogen-bond donors (Lipinski definition) is 1. The summed E-state index contributed by atoms with van der Waals surface area (Å²) in [5.41, 5.74) is 1.50. The summed E-state index contributed by atoms with van der Waals surface area (Å²) in [5.74, 6) is -3.60. The topological polar surface area (TPSA) is 50.2 Å². The first-order valence-corrected chi connectivity index (χ1v) is 6.87. The number of nitrogens with zero attached hydrogens (tertiary/aromatic N) is 1. The Balaban J connectivity index is 2.26. The summed E-state index contributed by atoms with van der Waals surface area (Å²) >= 11 is 1.24. The van der Waals surface area contributed by atoms with Crippen LogP contribution in [-0.4, -0.2) is 16.1 Å². The van der Waals surface area contributed by atoms with E-state index in [0.717, 1.165) is 16.3 Å². The van der Waals surface area contributed by atoms with Gasteiger partial charge in [0.05, 0.1) is 15.8 Å². The molecule has 2 aromatic carbocycles. The van der Waals surface area contributed by atoms with E-state index in [0.29, 0.717) is 16.6 Å². The lowest BCUT2D eigenvalue weighted by Gasteiger charge is -2.03. The van der Waals surface area contributed by atoms with Crippen molar-refractivity contribution in [2.75, 3.05) is 0 Å². The van der Waals surface area contributed by atoms with Crippen molar-refractivity contribution in [3.63, 3.8) is 0 Å². The van der Waals surface area contributed by atoms with Crippen molar-refractivity contribution in [2.24, 2.45) is 0 Å². The average molecular weight is 305 g/mol. The van der Waals surface area contributed by atoms with E-state index in [1.54, 1.807) is 0 Å². The number of carbonyl (C=O) groups is 1. The van der Waals surface area contributed by atoms with Crippen molar-refractivity contribution >= 4 is 27.5 Å². The van der Waals surface area contributed by atoms with Crippen LogP contribution in [0.3, 0.4) is 0 Å². The molecule has 3 nitrogen and oxygen atoms in total. The Kier molecular flexibility index (Phi) is 3.17.